The lowest BCUT2D eigenvalue weighted by Crippen LogP contribution is -2.44. The van der Waals surface area contributed by atoms with Gasteiger partial charge in [-0.2, -0.15) is 0 Å². The van der Waals surface area contributed by atoms with Crippen LogP contribution in [-0.2, 0) is 0 Å². The molecule has 1 saturated heterocycles. The molecule has 36 heavy (non-hydrogen) atoms. The minimum atomic E-state index is -0.0814. The second kappa shape index (κ2) is 9.54. The van der Waals surface area contributed by atoms with E-state index in [0.29, 0.717) is 28.3 Å². The van der Waals surface area contributed by atoms with Gasteiger partial charge in [0, 0.05) is 49.2 Å². The quantitative estimate of drug-likeness (QED) is 0.380. The van der Waals surface area contributed by atoms with Gasteiger partial charge in [0.05, 0.1) is 5.56 Å². The fourth-order valence-corrected chi connectivity index (χ4v) is 4.65. The van der Waals surface area contributed by atoms with Crippen LogP contribution in [0.3, 0.4) is 0 Å². The van der Waals surface area contributed by atoms with Gasteiger partial charge < -0.3 is 25.1 Å². The van der Waals surface area contributed by atoms with Crippen molar-refractivity contribution in [1.29, 1.82) is 0 Å². The van der Waals surface area contributed by atoms with Gasteiger partial charge in [0.1, 0.15) is 17.2 Å². The molecule has 0 amide bonds. The summed E-state index contributed by atoms with van der Waals surface area (Å²) in [7, 11) is 2.14. The Hall–Kier alpha value is -4.04. The van der Waals surface area contributed by atoms with Crippen molar-refractivity contribution in [2.75, 3.05) is 38.1 Å². The fourth-order valence-electron chi connectivity index (χ4n) is 4.65. The number of rotatable bonds is 5. The molecule has 8 heteroatoms. The minimum absolute atomic E-state index is 0.0436. The van der Waals surface area contributed by atoms with Crippen LogP contribution < -0.4 is 4.90 Å². The molecule has 3 aromatic carbocycles. The average Bonchev–Trinajstić information content (AvgIpc) is 3.29. The molecule has 1 fully saturated rings. The van der Waals surface area contributed by atoms with E-state index in [1.165, 1.54) is 6.07 Å². The Morgan fingerprint density at radius 3 is 2.08 bits per heavy atom. The van der Waals surface area contributed by atoms with Crippen LogP contribution in [0.1, 0.15) is 25.3 Å². The van der Waals surface area contributed by atoms with Crippen LogP contribution in [0.2, 0.25) is 0 Å². The molecule has 1 aromatic heterocycles. The summed E-state index contributed by atoms with van der Waals surface area (Å²) in [5.74, 6) is 1.12. The van der Waals surface area contributed by atoms with Gasteiger partial charge in [-0.3, -0.25) is 4.57 Å². The van der Waals surface area contributed by atoms with Crippen LogP contribution in [0.5, 0.6) is 17.2 Å². The van der Waals surface area contributed by atoms with Crippen molar-refractivity contribution in [3.63, 3.8) is 0 Å². The first kappa shape index (κ1) is 23.7. The minimum Gasteiger partial charge on any atom is -0.508 e. The summed E-state index contributed by atoms with van der Waals surface area (Å²) in [6.07, 6.45) is 0. The molecule has 3 N–H and O–H groups in total. The molecule has 1 aliphatic heterocycles. The molecule has 0 radical (unpaired) electrons. The third-order valence-corrected chi connectivity index (χ3v) is 6.75. The number of likely N-dealkylation sites (N-methyl/N-ethyl adjacent to an activating group) is 1. The zero-order valence-electron chi connectivity index (χ0n) is 20.8. The Labute approximate surface area is 210 Å². The van der Waals surface area contributed by atoms with E-state index in [4.69, 9.17) is 0 Å². The third-order valence-electron chi connectivity index (χ3n) is 6.75. The van der Waals surface area contributed by atoms with Crippen LogP contribution in [0.15, 0.2) is 60.7 Å². The van der Waals surface area contributed by atoms with E-state index >= 15 is 0 Å². The maximum atomic E-state index is 10.8. The van der Waals surface area contributed by atoms with E-state index in [-0.39, 0.29) is 23.2 Å². The fraction of sp³-hybridized carbons (Fsp3) is 0.286. The number of aromatic hydroxyl groups is 3. The summed E-state index contributed by atoms with van der Waals surface area (Å²) in [6.45, 7) is 7.96. The van der Waals surface area contributed by atoms with E-state index in [9.17, 15) is 15.3 Å². The summed E-state index contributed by atoms with van der Waals surface area (Å²) >= 11 is 0. The number of phenols is 3. The zero-order chi connectivity index (χ0) is 25.4. The molecule has 0 atom stereocenters. The van der Waals surface area contributed by atoms with Crippen molar-refractivity contribution >= 4 is 5.69 Å². The Bertz CT molecular complexity index is 1370. The van der Waals surface area contributed by atoms with Gasteiger partial charge >= 0.3 is 0 Å². The highest BCUT2D eigenvalue weighted by Crippen LogP contribution is 2.39. The number of piperazine rings is 1. The molecule has 4 aromatic rings. The summed E-state index contributed by atoms with van der Waals surface area (Å²) in [4.78, 5) is 4.69. The second-order valence-corrected chi connectivity index (χ2v) is 9.62. The van der Waals surface area contributed by atoms with Gasteiger partial charge in [-0.15, -0.1) is 10.2 Å². The lowest BCUT2D eigenvalue weighted by Gasteiger charge is -2.34. The summed E-state index contributed by atoms with van der Waals surface area (Å²) in [5.41, 5.74) is 3.85. The SMILES string of the molecule is CC(C)c1cc(-c2nnc(-c3cccc(O)c3)n2-c2ccc(N3CCN(C)CC3)cc2)c(O)cc1O. The smallest absolute Gasteiger partial charge is 0.172 e. The standard InChI is InChI=1S/C28H31N5O3/c1-18(2)23-16-24(26(36)17-25(23)35)28-30-29-27(19-5-4-6-22(34)15-19)33(28)21-9-7-20(8-10-21)32-13-11-31(3)12-14-32/h4-10,15-18,34-36H,11-14H2,1-3H3. The van der Waals surface area contributed by atoms with Crippen LogP contribution in [0, 0.1) is 0 Å². The number of aromatic nitrogens is 3. The maximum Gasteiger partial charge on any atom is 0.172 e. The molecular formula is C28H31N5O3. The molecule has 1 aliphatic rings. The Kier molecular flexibility index (Phi) is 6.28. The predicted octanol–water partition coefficient (Wildman–Crippen LogP) is 4.59. The number of benzene rings is 3. The molecule has 186 valence electrons. The van der Waals surface area contributed by atoms with Gasteiger partial charge in [-0.05, 0) is 61.0 Å². The number of nitrogens with zero attached hydrogens (tertiary/aromatic N) is 5. The Morgan fingerprint density at radius 1 is 0.750 bits per heavy atom. The van der Waals surface area contributed by atoms with Gasteiger partial charge in [-0.25, -0.2) is 0 Å². The first-order valence-corrected chi connectivity index (χ1v) is 12.2. The van der Waals surface area contributed by atoms with E-state index in [1.54, 1.807) is 24.3 Å². The molecule has 0 spiro atoms. The van der Waals surface area contributed by atoms with Crippen molar-refractivity contribution in [3.8, 4) is 45.7 Å². The predicted molar refractivity (Wildman–Crippen MR) is 141 cm³/mol. The van der Waals surface area contributed by atoms with Crippen molar-refractivity contribution in [1.82, 2.24) is 19.7 Å². The first-order valence-electron chi connectivity index (χ1n) is 12.2. The Balaban J connectivity index is 1.64. The monoisotopic (exact) mass is 485 g/mol. The molecule has 8 nitrogen and oxygen atoms in total. The number of anilines is 1. The molecule has 0 saturated carbocycles. The lowest BCUT2D eigenvalue weighted by molar-refractivity contribution is 0.313. The summed E-state index contributed by atoms with van der Waals surface area (Å²) < 4.78 is 1.87. The van der Waals surface area contributed by atoms with E-state index < -0.39 is 0 Å². The topological polar surface area (TPSA) is 97.9 Å². The number of hydrogen-bond acceptors (Lipinski definition) is 7. The number of hydrogen-bond donors (Lipinski definition) is 3. The van der Waals surface area contributed by atoms with Crippen LogP contribution >= 0.6 is 0 Å². The molecular weight excluding hydrogens is 454 g/mol. The van der Waals surface area contributed by atoms with Crippen molar-refractivity contribution in [2.45, 2.75) is 19.8 Å². The maximum absolute atomic E-state index is 10.8. The highest BCUT2D eigenvalue weighted by molar-refractivity contribution is 5.73. The number of phenolic OH excluding ortho intramolecular Hbond substituents is 3. The van der Waals surface area contributed by atoms with E-state index in [0.717, 1.165) is 37.6 Å². The van der Waals surface area contributed by atoms with Crippen molar-refractivity contribution < 1.29 is 15.3 Å². The zero-order valence-corrected chi connectivity index (χ0v) is 20.8. The molecule has 0 unspecified atom stereocenters. The van der Waals surface area contributed by atoms with Crippen molar-refractivity contribution in [2.24, 2.45) is 0 Å². The molecule has 2 heterocycles. The van der Waals surface area contributed by atoms with E-state index in [1.807, 2.05) is 36.6 Å². The average molecular weight is 486 g/mol. The second-order valence-electron chi connectivity index (χ2n) is 9.62. The van der Waals surface area contributed by atoms with E-state index in [2.05, 4.69) is 39.2 Å². The van der Waals surface area contributed by atoms with Crippen LogP contribution in [0.25, 0.3) is 28.5 Å². The van der Waals surface area contributed by atoms with Gasteiger partial charge in [0.25, 0.3) is 0 Å². The molecule has 5 rings (SSSR count). The third kappa shape index (κ3) is 4.47. The highest BCUT2D eigenvalue weighted by Gasteiger charge is 2.22. The highest BCUT2D eigenvalue weighted by atomic mass is 16.3. The van der Waals surface area contributed by atoms with Crippen molar-refractivity contribution in [3.05, 3.63) is 66.2 Å². The van der Waals surface area contributed by atoms with Gasteiger partial charge in [-0.1, -0.05) is 26.0 Å². The normalized spacial score (nSPS) is 14.5. The Morgan fingerprint density at radius 2 is 1.42 bits per heavy atom. The lowest BCUT2D eigenvalue weighted by atomic mass is 9.98. The largest absolute Gasteiger partial charge is 0.508 e. The summed E-state index contributed by atoms with van der Waals surface area (Å²) in [6, 6.07) is 18.2. The van der Waals surface area contributed by atoms with Crippen LogP contribution in [-0.4, -0.2) is 68.2 Å². The van der Waals surface area contributed by atoms with Gasteiger partial charge in [0.2, 0.25) is 0 Å². The summed E-state index contributed by atoms with van der Waals surface area (Å²) in [5, 5.41) is 40.2. The van der Waals surface area contributed by atoms with Gasteiger partial charge in [0.15, 0.2) is 11.6 Å². The van der Waals surface area contributed by atoms with Crippen LogP contribution in [0.4, 0.5) is 5.69 Å². The molecule has 0 bridgehead atoms. The molecule has 0 aliphatic carbocycles. The first-order chi connectivity index (χ1) is 17.3.